The van der Waals surface area contributed by atoms with Gasteiger partial charge in [0.05, 0.1) is 16.8 Å². The average molecular weight is 308 g/mol. The van der Waals surface area contributed by atoms with Gasteiger partial charge in [0.15, 0.2) is 0 Å². The molecule has 2 aromatic rings. The van der Waals surface area contributed by atoms with Gasteiger partial charge in [-0.15, -0.1) is 22.7 Å². The summed E-state index contributed by atoms with van der Waals surface area (Å²) in [4.78, 5) is 20.9. The van der Waals surface area contributed by atoms with E-state index in [-0.39, 0.29) is 5.91 Å². The lowest BCUT2D eigenvalue weighted by atomic mass is 10.2. The maximum Gasteiger partial charge on any atom is 0.254 e. The topological polar surface area (TPSA) is 33.2 Å². The second-order valence-corrected chi connectivity index (χ2v) is 6.82. The molecule has 0 bridgehead atoms. The van der Waals surface area contributed by atoms with Gasteiger partial charge in [-0.1, -0.05) is 13.3 Å². The molecule has 0 aliphatic heterocycles. The van der Waals surface area contributed by atoms with Gasteiger partial charge in [-0.2, -0.15) is 0 Å². The molecule has 1 amide bonds. The molecule has 0 aliphatic carbocycles. The van der Waals surface area contributed by atoms with Crippen LogP contribution >= 0.6 is 22.7 Å². The van der Waals surface area contributed by atoms with Crippen LogP contribution in [0.25, 0.3) is 0 Å². The number of aryl methyl sites for hydroxylation is 2. The number of amides is 1. The van der Waals surface area contributed by atoms with Crippen LogP contribution in [-0.4, -0.2) is 29.4 Å². The fraction of sp³-hybridized carbons (Fsp3) is 0.467. The van der Waals surface area contributed by atoms with Gasteiger partial charge in [-0.05, 0) is 19.4 Å². The minimum absolute atomic E-state index is 0.116. The van der Waals surface area contributed by atoms with E-state index in [1.165, 1.54) is 9.75 Å². The molecule has 0 N–H and O–H groups in total. The standard InChI is InChI=1S/C15H20N2OS2/c1-4-5-13-8-12(9-19-13)15(18)17(3)7-6-14-11(2)16-10-20-14/h8-10H,4-7H2,1-3H3. The van der Waals surface area contributed by atoms with Crippen molar-refractivity contribution in [3.63, 3.8) is 0 Å². The summed E-state index contributed by atoms with van der Waals surface area (Å²) in [6.45, 7) is 4.91. The van der Waals surface area contributed by atoms with Gasteiger partial charge in [0, 0.05) is 35.1 Å². The Morgan fingerprint density at radius 1 is 1.35 bits per heavy atom. The van der Waals surface area contributed by atoms with Gasteiger partial charge < -0.3 is 4.90 Å². The van der Waals surface area contributed by atoms with Crippen LogP contribution in [0.2, 0.25) is 0 Å². The highest BCUT2D eigenvalue weighted by atomic mass is 32.1. The van der Waals surface area contributed by atoms with Crippen molar-refractivity contribution in [2.45, 2.75) is 33.1 Å². The molecule has 0 saturated heterocycles. The van der Waals surface area contributed by atoms with Crippen LogP contribution in [0.15, 0.2) is 17.0 Å². The smallest absolute Gasteiger partial charge is 0.254 e. The van der Waals surface area contributed by atoms with Gasteiger partial charge >= 0.3 is 0 Å². The molecule has 2 aromatic heterocycles. The molecule has 5 heteroatoms. The molecule has 2 heterocycles. The predicted octanol–water partition coefficient (Wildman–Crippen LogP) is 3.78. The first-order valence-corrected chi connectivity index (χ1v) is 8.59. The normalized spacial score (nSPS) is 10.8. The second-order valence-electron chi connectivity index (χ2n) is 4.89. The minimum Gasteiger partial charge on any atom is -0.341 e. The van der Waals surface area contributed by atoms with Crippen molar-refractivity contribution in [2.24, 2.45) is 0 Å². The Bertz CT molecular complexity index is 574. The van der Waals surface area contributed by atoms with E-state index in [0.29, 0.717) is 0 Å². The maximum absolute atomic E-state index is 12.3. The van der Waals surface area contributed by atoms with Crippen LogP contribution in [0.3, 0.4) is 0 Å². The molecule has 0 atom stereocenters. The average Bonchev–Trinajstić information content (AvgIpc) is 3.05. The Morgan fingerprint density at radius 3 is 2.80 bits per heavy atom. The van der Waals surface area contributed by atoms with Gasteiger partial charge in [-0.25, -0.2) is 4.98 Å². The van der Waals surface area contributed by atoms with Crippen LogP contribution < -0.4 is 0 Å². The lowest BCUT2D eigenvalue weighted by Gasteiger charge is -2.16. The Labute approximate surface area is 128 Å². The van der Waals surface area contributed by atoms with Crippen molar-refractivity contribution in [1.82, 2.24) is 9.88 Å². The number of likely N-dealkylation sites (N-methyl/N-ethyl adjacent to an activating group) is 1. The SMILES string of the molecule is CCCc1cc(C(=O)N(C)CCc2scnc2C)cs1. The maximum atomic E-state index is 12.3. The molecule has 0 spiro atoms. The Kier molecular flexibility index (Phi) is 5.31. The fourth-order valence-corrected chi connectivity index (χ4v) is 3.76. The van der Waals surface area contributed by atoms with E-state index < -0.39 is 0 Å². The predicted molar refractivity (Wildman–Crippen MR) is 85.8 cm³/mol. The van der Waals surface area contributed by atoms with E-state index >= 15 is 0 Å². The highest BCUT2D eigenvalue weighted by Gasteiger charge is 2.14. The van der Waals surface area contributed by atoms with E-state index in [0.717, 1.165) is 37.1 Å². The summed E-state index contributed by atoms with van der Waals surface area (Å²) < 4.78 is 0. The number of thiazole rings is 1. The van der Waals surface area contributed by atoms with Crippen LogP contribution in [0.4, 0.5) is 0 Å². The number of hydrogen-bond acceptors (Lipinski definition) is 4. The first kappa shape index (κ1) is 15.2. The molecule has 0 saturated carbocycles. The van der Waals surface area contributed by atoms with Crippen molar-refractivity contribution in [1.29, 1.82) is 0 Å². The quantitative estimate of drug-likeness (QED) is 0.813. The summed E-state index contributed by atoms with van der Waals surface area (Å²) in [5.41, 5.74) is 3.76. The molecule has 0 fully saturated rings. The van der Waals surface area contributed by atoms with Crippen LogP contribution in [-0.2, 0) is 12.8 Å². The summed E-state index contributed by atoms with van der Waals surface area (Å²) in [7, 11) is 1.87. The molecular weight excluding hydrogens is 288 g/mol. The molecule has 2 rings (SSSR count). The zero-order valence-electron chi connectivity index (χ0n) is 12.2. The third-order valence-electron chi connectivity index (χ3n) is 3.26. The zero-order valence-corrected chi connectivity index (χ0v) is 13.8. The Hall–Kier alpha value is -1.20. The Balaban J connectivity index is 1.92. The van der Waals surface area contributed by atoms with Crippen molar-refractivity contribution in [2.75, 3.05) is 13.6 Å². The molecule has 3 nitrogen and oxygen atoms in total. The Morgan fingerprint density at radius 2 is 2.15 bits per heavy atom. The van der Waals surface area contributed by atoms with E-state index in [1.54, 1.807) is 27.6 Å². The third-order valence-corrected chi connectivity index (χ3v) is 5.25. The number of nitrogens with zero attached hydrogens (tertiary/aromatic N) is 2. The first-order chi connectivity index (χ1) is 9.61. The summed E-state index contributed by atoms with van der Waals surface area (Å²) in [6.07, 6.45) is 3.06. The minimum atomic E-state index is 0.116. The first-order valence-electron chi connectivity index (χ1n) is 6.83. The number of aromatic nitrogens is 1. The van der Waals surface area contributed by atoms with Crippen molar-refractivity contribution >= 4 is 28.6 Å². The summed E-state index contributed by atoms with van der Waals surface area (Å²) in [5.74, 6) is 0.116. The molecular formula is C15H20N2OS2. The van der Waals surface area contributed by atoms with E-state index in [1.807, 2.05) is 30.9 Å². The molecule has 0 aromatic carbocycles. The second kappa shape index (κ2) is 6.99. The lowest BCUT2D eigenvalue weighted by Crippen LogP contribution is -2.28. The summed E-state index contributed by atoms with van der Waals surface area (Å²) in [5, 5.41) is 1.97. The van der Waals surface area contributed by atoms with Crippen LogP contribution in [0.5, 0.6) is 0 Å². The summed E-state index contributed by atoms with van der Waals surface area (Å²) in [6, 6.07) is 2.03. The molecule has 20 heavy (non-hydrogen) atoms. The van der Waals surface area contributed by atoms with E-state index in [9.17, 15) is 4.79 Å². The molecule has 108 valence electrons. The van der Waals surface area contributed by atoms with E-state index in [4.69, 9.17) is 0 Å². The van der Waals surface area contributed by atoms with Crippen molar-refractivity contribution < 1.29 is 4.79 Å². The van der Waals surface area contributed by atoms with Gasteiger partial charge in [0.25, 0.3) is 5.91 Å². The largest absolute Gasteiger partial charge is 0.341 e. The van der Waals surface area contributed by atoms with Gasteiger partial charge in [0.1, 0.15) is 0 Å². The van der Waals surface area contributed by atoms with E-state index in [2.05, 4.69) is 11.9 Å². The lowest BCUT2D eigenvalue weighted by molar-refractivity contribution is 0.0797. The molecule has 0 unspecified atom stereocenters. The molecule has 0 aliphatic rings. The highest BCUT2D eigenvalue weighted by Crippen LogP contribution is 2.18. The zero-order chi connectivity index (χ0) is 14.5. The number of thiophene rings is 1. The van der Waals surface area contributed by atoms with Crippen molar-refractivity contribution in [3.8, 4) is 0 Å². The van der Waals surface area contributed by atoms with Gasteiger partial charge in [0.2, 0.25) is 0 Å². The number of carbonyl (C=O) groups is 1. The van der Waals surface area contributed by atoms with Crippen LogP contribution in [0.1, 0.15) is 39.2 Å². The molecule has 0 radical (unpaired) electrons. The summed E-state index contributed by atoms with van der Waals surface area (Å²) >= 11 is 3.35. The third kappa shape index (κ3) is 3.67. The van der Waals surface area contributed by atoms with Crippen LogP contribution in [0, 0.1) is 6.92 Å². The van der Waals surface area contributed by atoms with Gasteiger partial charge in [-0.3, -0.25) is 4.79 Å². The highest BCUT2D eigenvalue weighted by molar-refractivity contribution is 7.10. The fourth-order valence-electron chi connectivity index (χ4n) is 2.03. The number of rotatable bonds is 6. The monoisotopic (exact) mass is 308 g/mol. The number of carbonyl (C=O) groups excluding carboxylic acids is 1. The van der Waals surface area contributed by atoms with Crippen molar-refractivity contribution in [3.05, 3.63) is 38.0 Å². The number of hydrogen-bond donors (Lipinski definition) is 0.